The first-order valence-corrected chi connectivity index (χ1v) is 11.3. The SMILES string of the molecule is Oc1ccc(/C(Cc2cscn2)=N\N=C(/Cc2cscn2)c2ccc(O)cc2O)c(O)c1. The molecule has 0 atom stereocenters. The van der Waals surface area contributed by atoms with Gasteiger partial charge in [-0.1, -0.05) is 0 Å². The molecule has 2 aromatic heterocycles. The van der Waals surface area contributed by atoms with E-state index in [1.165, 1.54) is 46.9 Å². The van der Waals surface area contributed by atoms with Crippen molar-refractivity contribution < 1.29 is 20.4 Å². The average Bonchev–Trinajstić information content (AvgIpc) is 3.45. The average molecular weight is 467 g/mol. The summed E-state index contributed by atoms with van der Waals surface area (Å²) in [6, 6.07) is 8.50. The summed E-state index contributed by atoms with van der Waals surface area (Å²) in [6.07, 6.45) is 0.605. The lowest BCUT2D eigenvalue weighted by Crippen LogP contribution is -2.09. The van der Waals surface area contributed by atoms with E-state index in [0.29, 0.717) is 35.4 Å². The highest BCUT2D eigenvalue weighted by Crippen LogP contribution is 2.27. The van der Waals surface area contributed by atoms with Crippen LogP contribution in [0, 0.1) is 0 Å². The molecule has 0 radical (unpaired) electrons. The van der Waals surface area contributed by atoms with Crippen molar-refractivity contribution in [2.45, 2.75) is 12.8 Å². The predicted molar refractivity (Wildman–Crippen MR) is 124 cm³/mol. The van der Waals surface area contributed by atoms with Gasteiger partial charge >= 0.3 is 0 Å². The van der Waals surface area contributed by atoms with E-state index in [1.807, 2.05) is 10.8 Å². The zero-order chi connectivity index (χ0) is 22.5. The van der Waals surface area contributed by atoms with Crippen molar-refractivity contribution in [2.75, 3.05) is 0 Å². The van der Waals surface area contributed by atoms with E-state index in [0.717, 1.165) is 11.4 Å². The third-order valence-corrected chi connectivity index (χ3v) is 5.81. The van der Waals surface area contributed by atoms with Crippen LogP contribution in [0.15, 0.2) is 68.4 Å². The van der Waals surface area contributed by atoms with Crippen LogP contribution in [0.5, 0.6) is 23.0 Å². The number of thiazole rings is 2. The summed E-state index contributed by atoms with van der Waals surface area (Å²) < 4.78 is 0. The van der Waals surface area contributed by atoms with Gasteiger partial charge in [0, 0.05) is 46.9 Å². The molecule has 0 fully saturated rings. The molecule has 8 nitrogen and oxygen atoms in total. The summed E-state index contributed by atoms with van der Waals surface area (Å²) >= 11 is 2.88. The molecule has 162 valence electrons. The maximum Gasteiger partial charge on any atom is 0.128 e. The van der Waals surface area contributed by atoms with Crippen LogP contribution < -0.4 is 0 Å². The van der Waals surface area contributed by atoms with Gasteiger partial charge in [0.2, 0.25) is 0 Å². The Morgan fingerprint density at radius 3 is 1.47 bits per heavy atom. The quantitative estimate of drug-likeness (QED) is 0.240. The van der Waals surface area contributed by atoms with Crippen molar-refractivity contribution >= 4 is 34.1 Å². The van der Waals surface area contributed by atoms with Gasteiger partial charge in [0.1, 0.15) is 23.0 Å². The molecule has 4 rings (SSSR count). The van der Waals surface area contributed by atoms with E-state index in [-0.39, 0.29) is 23.0 Å². The van der Waals surface area contributed by atoms with Crippen LogP contribution in [0.4, 0.5) is 0 Å². The summed E-state index contributed by atoms with van der Waals surface area (Å²) in [5.74, 6) is -0.410. The van der Waals surface area contributed by atoms with Gasteiger partial charge in [-0.25, -0.2) is 9.97 Å². The van der Waals surface area contributed by atoms with Gasteiger partial charge < -0.3 is 20.4 Å². The molecule has 0 saturated carbocycles. The van der Waals surface area contributed by atoms with Gasteiger partial charge in [-0.05, 0) is 24.3 Å². The standard InChI is InChI=1S/C22H18N4O4S2/c27-15-1-3-17(21(29)7-15)19(5-13-9-31-11-23-13)25-26-20(6-14-10-32-12-24-14)18-4-2-16(28)8-22(18)30/h1-4,7-12,27-30H,5-6H2/b25-19-,26-20+. The highest BCUT2D eigenvalue weighted by Gasteiger charge is 2.15. The molecule has 0 unspecified atom stereocenters. The van der Waals surface area contributed by atoms with Crippen LogP contribution in [0.1, 0.15) is 22.5 Å². The van der Waals surface area contributed by atoms with Crippen molar-refractivity contribution in [1.82, 2.24) is 9.97 Å². The topological polar surface area (TPSA) is 131 Å². The number of benzene rings is 2. The molecule has 0 amide bonds. The fourth-order valence-corrected chi connectivity index (χ4v) is 4.13. The molecule has 0 aliphatic rings. The fraction of sp³-hybridized carbons (Fsp3) is 0.0909. The molecule has 0 aliphatic carbocycles. The van der Waals surface area contributed by atoms with Crippen molar-refractivity contribution in [1.29, 1.82) is 0 Å². The van der Waals surface area contributed by atoms with Gasteiger partial charge in [0.05, 0.1) is 33.8 Å². The van der Waals surface area contributed by atoms with Crippen LogP contribution >= 0.6 is 22.7 Å². The lowest BCUT2D eigenvalue weighted by atomic mass is 10.0. The van der Waals surface area contributed by atoms with Crippen molar-refractivity contribution in [2.24, 2.45) is 10.2 Å². The van der Waals surface area contributed by atoms with Crippen LogP contribution in [-0.2, 0) is 12.8 Å². The minimum atomic E-state index is -0.136. The zero-order valence-corrected chi connectivity index (χ0v) is 18.2. The predicted octanol–water partition coefficient (Wildman–Crippen LogP) is 4.10. The molecule has 0 bridgehead atoms. The number of aromatic nitrogens is 2. The summed E-state index contributed by atoms with van der Waals surface area (Å²) in [5.41, 5.74) is 6.59. The lowest BCUT2D eigenvalue weighted by Gasteiger charge is -2.09. The number of aromatic hydroxyl groups is 4. The Labute approximate surface area is 191 Å². The number of phenolic OH excluding ortho intramolecular Hbond substituents is 4. The number of phenols is 4. The van der Waals surface area contributed by atoms with Crippen molar-refractivity contribution in [3.8, 4) is 23.0 Å². The maximum atomic E-state index is 10.4. The van der Waals surface area contributed by atoms with Crippen LogP contribution in [0.3, 0.4) is 0 Å². The summed E-state index contributed by atoms with van der Waals surface area (Å²) in [4.78, 5) is 8.56. The number of nitrogens with zero attached hydrogens (tertiary/aromatic N) is 4. The molecule has 2 aromatic carbocycles. The fourth-order valence-electron chi connectivity index (χ4n) is 3.01. The Bertz CT molecular complexity index is 1170. The second-order valence-corrected chi connectivity index (χ2v) is 8.25. The smallest absolute Gasteiger partial charge is 0.128 e. The first-order valence-electron chi connectivity index (χ1n) is 9.42. The summed E-state index contributed by atoms with van der Waals surface area (Å²) in [6.45, 7) is 0. The molecule has 4 aromatic rings. The molecular weight excluding hydrogens is 448 g/mol. The second kappa shape index (κ2) is 9.58. The van der Waals surface area contributed by atoms with E-state index in [1.54, 1.807) is 23.2 Å². The lowest BCUT2D eigenvalue weighted by molar-refractivity contribution is 0.448. The minimum Gasteiger partial charge on any atom is -0.508 e. The Morgan fingerprint density at radius 2 is 1.12 bits per heavy atom. The first-order chi connectivity index (χ1) is 15.5. The number of hydrogen-bond acceptors (Lipinski definition) is 10. The second-order valence-electron chi connectivity index (χ2n) is 6.81. The van der Waals surface area contributed by atoms with E-state index >= 15 is 0 Å². The van der Waals surface area contributed by atoms with Crippen LogP contribution in [0.25, 0.3) is 0 Å². The summed E-state index contributed by atoms with van der Waals surface area (Å²) in [5, 5.41) is 52.6. The van der Waals surface area contributed by atoms with Crippen LogP contribution in [-0.4, -0.2) is 41.8 Å². The maximum absolute atomic E-state index is 10.4. The zero-order valence-electron chi connectivity index (χ0n) is 16.6. The van der Waals surface area contributed by atoms with E-state index in [2.05, 4.69) is 20.2 Å². The molecule has 10 heteroatoms. The molecule has 4 N–H and O–H groups in total. The Balaban J connectivity index is 1.80. The van der Waals surface area contributed by atoms with Gasteiger partial charge in [-0.2, -0.15) is 10.2 Å². The van der Waals surface area contributed by atoms with Gasteiger partial charge in [0.15, 0.2) is 0 Å². The monoisotopic (exact) mass is 466 g/mol. The molecule has 32 heavy (non-hydrogen) atoms. The normalized spacial score (nSPS) is 12.2. The van der Waals surface area contributed by atoms with Gasteiger partial charge in [-0.15, -0.1) is 22.7 Å². The van der Waals surface area contributed by atoms with E-state index < -0.39 is 0 Å². The van der Waals surface area contributed by atoms with Crippen molar-refractivity contribution in [3.05, 3.63) is 80.7 Å². The first kappa shape index (κ1) is 21.5. The summed E-state index contributed by atoms with van der Waals surface area (Å²) in [7, 11) is 0. The minimum absolute atomic E-state index is 0.0685. The Kier molecular flexibility index (Phi) is 6.43. The molecule has 2 heterocycles. The molecule has 0 saturated heterocycles. The highest BCUT2D eigenvalue weighted by molar-refractivity contribution is 7.07. The van der Waals surface area contributed by atoms with Gasteiger partial charge in [0.25, 0.3) is 0 Å². The third-order valence-electron chi connectivity index (χ3n) is 4.54. The molecule has 0 aliphatic heterocycles. The number of rotatable bonds is 7. The highest BCUT2D eigenvalue weighted by atomic mass is 32.1. The van der Waals surface area contributed by atoms with E-state index in [4.69, 9.17) is 0 Å². The number of hydrogen-bond donors (Lipinski definition) is 4. The van der Waals surface area contributed by atoms with Gasteiger partial charge in [-0.3, -0.25) is 0 Å². The Morgan fingerprint density at radius 1 is 0.688 bits per heavy atom. The third kappa shape index (κ3) is 5.10. The van der Waals surface area contributed by atoms with E-state index in [9.17, 15) is 20.4 Å². The molecular formula is C22H18N4O4S2. The van der Waals surface area contributed by atoms with Crippen LogP contribution in [0.2, 0.25) is 0 Å². The van der Waals surface area contributed by atoms with Crippen molar-refractivity contribution in [3.63, 3.8) is 0 Å². The Hall–Kier alpha value is -3.76. The molecule has 0 spiro atoms. The largest absolute Gasteiger partial charge is 0.508 e.